The van der Waals surface area contributed by atoms with E-state index in [9.17, 15) is 4.79 Å². The number of thioether (sulfide) groups is 1. The second-order valence-electron chi connectivity index (χ2n) is 5.14. The molecule has 3 nitrogen and oxygen atoms in total. The van der Waals surface area contributed by atoms with Crippen LogP contribution in [-0.4, -0.2) is 48.0 Å². The normalized spacial score (nSPS) is 21.5. The van der Waals surface area contributed by atoms with Crippen LogP contribution < -0.4 is 5.32 Å². The smallest absolute Gasteiger partial charge is 0.232 e. The Morgan fingerprint density at radius 1 is 1.29 bits per heavy atom. The molecule has 0 unspecified atom stereocenters. The summed E-state index contributed by atoms with van der Waals surface area (Å²) in [5.41, 5.74) is 0. The van der Waals surface area contributed by atoms with Crippen LogP contribution in [0.25, 0.3) is 0 Å². The Kier molecular flexibility index (Phi) is 5.16. The number of amides is 1. The zero-order valence-corrected chi connectivity index (χ0v) is 11.6. The summed E-state index contributed by atoms with van der Waals surface area (Å²) in [6.45, 7) is 6.20. The van der Waals surface area contributed by atoms with Crippen LogP contribution in [0.15, 0.2) is 0 Å². The van der Waals surface area contributed by atoms with Gasteiger partial charge in [0.25, 0.3) is 0 Å². The quantitative estimate of drug-likeness (QED) is 0.785. The Hall–Kier alpha value is -0.220. The van der Waals surface area contributed by atoms with Crippen molar-refractivity contribution in [2.24, 2.45) is 5.92 Å². The Bertz CT molecular complexity index is 250. The number of carbonyl (C=O) groups is 1. The average molecular weight is 256 g/mol. The number of hydrogen-bond donors (Lipinski definition) is 1. The molecule has 0 atom stereocenters. The first kappa shape index (κ1) is 13.2. The second kappa shape index (κ2) is 6.64. The molecule has 0 bridgehead atoms. The summed E-state index contributed by atoms with van der Waals surface area (Å²) in [7, 11) is 0. The standard InChI is InChI=1S/C13H24N2OS/c1-2-15(9-11-3-4-11)13(16)10-17-12-5-7-14-8-6-12/h11-12,14H,2-10H2,1H3. The van der Waals surface area contributed by atoms with Crippen LogP contribution in [-0.2, 0) is 4.79 Å². The fourth-order valence-corrected chi connectivity index (χ4v) is 3.39. The monoisotopic (exact) mass is 256 g/mol. The molecule has 0 radical (unpaired) electrons. The Labute approximate surface area is 109 Å². The van der Waals surface area contributed by atoms with E-state index in [2.05, 4.69) is 12.2 Å². The van der Waals surface area contributed by atoms with Crippen molar-refractivity contribution in [3.63, 3.8) is 0 Å². The van der Waals surface area contributed by atoms with E-state index in [0.29, 0.717) is 16.9 Å². The molecule has 1 amide bonds. The van der Waals surface area contributed by atoms with Crippen LogP contribution in [0.3, 0.4) is 0 Å². The largest absolute Gasteiger partial charge is 0.342 e. The van der Waals surface area contributed by atoms with Gasteiger partial charge in [-0.1, -0.05) is 0 Å². The van der Waals surface area contributed by atoms with Crippen LogP contribution in [0.4, 0.5) is 0 Å². The van der Waals surface area contributed by atoms with Gasteiger partial charge in [-0.2, -0.15) is 0 Å². The fourth-order valence-electron chi connectivity index (χ4n) is 2.26. The molecule has 98 valence electrons. The highest BCUT2D eigenvalue weighted by Crippen LogP contribution is 2.30. The first-order chi connectivity index (χ1) is 8.29. The van der Waals surface area contributed by atoms with Crippen LogP contribution in [0.1, 0.15) is 32.6 Å². The number of nitrogens with zero attached hydrogens (tertiary/aromatic N) is 1. The highest BCUT2D eigenvalue weighted by molar-refractivity contribution is 8.00. The number of nitrogens with one attached hydrogen (secondary N) is 1. The van der Waals surface area contributed by atoms with Crippen molar-refractivity contribution >= 4 is 17.7 Å². The number of hydrogen-bond acceptors (Lipinski definition) is 3. The van der Waals surface area contributed by atoms with Gasteiger partial charge >= 0.3 is 0 Å². The van der Waals surface area contributed by atoms with Crippen LogP contribution in [0.5, 0.6) is 0 Å². The zero-order valence-electron chi connectivity index (χ0n) is 10.8. The summed E-state index contributed by atoms with van der Waals surface area (Å²) in [6, 6.07) is 0. The third-order valence-corrected chi connectivity index (χ3v) is 5.00. The van der Waals surface area contributed by atoms with Crippen LogP contribution in [0.2, 0.25) is 0 Å². The lowest BCUT2D eigenvalue weighted by Gasteiger charge is -2.24. The molecule has 1 N–H and O–H groups in total. The van der Waals surface area contributed by atoms with E-state index < -0.39 is 0 Å². The lowest BCUT2D eigenvalue weighted by molar-refractivity contribution is -0.128. The first-order valence-corrected chi connectivity index (χ1v) is 7.94. The maximum Gasteiger partial charge on any atom is 0.232 e. The Morgan fingerprint density at radius 2 is 2.00 bits per heavy atom. The molecule has 1 aliphatic carbocycles. The van der Waals surface area contributed by atoms with Gasteiger partial charge in [-0.25, -0.2) is 0 Å². The summed E-state index contributed by atoms with van der Waals surface area (Å²) in [5.74, 6) is 1.84. The SMILES string of the molecule is CCN(CC1CC1)C(=O)CSC1CCNCC1. The molecular formula is C13H24N2OS. The average Bonchev–Trinajstić information content (AvgIpc) is 3.18. The number of rotatable bonds is 6. The zero-order chi connectivity index (χ0) is 12.1. The molecule has 0 aromatic heterocycles. The predicted molar refractivity (Wildman–Crippen MR) is 73.3 cm³/mol. The van der Waals surface area contributed by atoms with Gasteiger partial charge in [0.05, 0.1) is 5.75 Å². The summed E-state index contributed by atoms with van der Waals surface area (Å²) in [5, 5.41) is 4.06. The van der Waals surface area contributed by atoms with Gasteiger partial charge in [0.2, 0.25) is 5.91 Å². The van der Waals surface area contributed by atoms with E-state index in [1.54, 1.807) is 0 Å². The second-order valence-corrected chi connectivity index (χ2v) is 6.42. The van der Waals surface area contributed by atoms with E-state index in [0.717, 1.165) is 32.1 Å². The molecule has 2 rings (SSSR count). The highest BCUT2D eigenvalue weighted by atomic mass is 32.2. The van der Waals surface area contributed by atoms with Gasteiger partial charge in [-0.05, 0) is 51.6 Å². The van der Waals surface area contributed by atoms with Crippen molar-refractivity contribution in [3.05, 3.63) is 0 Å². The molecule has 2 fully saturated rings. The number of carbonyl (C=O) groups excluding carboxylic acids is 1. The lowest BCUT2D eigenvalue weighted by Crippen LogP contribution is -2.35. The first-order valence-electron chi connectivity index (χ1n) is 6.89. The minimum absolute atomic E-state index is 0.350. The molecule has 17 heavy (non-hydrogen) atoms. The van der Waals surface area contributed by atoms with Gasteiger partial charge in [0, 0.05) is 18.3 Å². The highest BCUT2D eigenvalue weighted by Gasteiger charge is 2.26. The predicted octanol–water partition coefficient (Wildman–Crippen LogP) is 1.73. The van der Waals surface area contributed by atoms with E-state index in [1.165, 1.54) is 25.7 Å². The third kappa shape index (κ3) is 4.51. The van der Waals surface area contributed by atoms with E-state index in [4.69, 9.17) is 0 Å². The molecule has 0 aromatic carbocycles. The van der Waals surface area contributed by atoms with Gasteiger partial charge in [0.1, 0.15) is 0 Å². The molecule has 4 heteroatoms. The van der Waals surface area contributed by atoms with Crippen LogP contribution >= 0.6 is 11.8 Å². The molecule has 1 heterocycles. The Balaban J connectivity index is 1.66. The van der Waals surface area contributed by atoms with E-state index >= 15 is 0 Å². The van der Waals surface area contributed by atoms with Crippen molar-refractivity contribution in [1.29, 1.82) is 0 Å². The summed E-state index contributed by atoms with van der Waals surface area (Å²) in [4.78, 5) is 14.1. The molecular weight excluding hydrogens is 232 g/mol. The van der Waals surface area contributed by atoms with Crippen LogP contribution in [0, 0.1) is 5.92 Å². The van der Waals surface area contributed by atoms with Crippen molar-refractivity contribution in [2.45, 2.75) is 37.9 Å². The summed E-state index contributed by atoms with van der Waals surface area (Å²) >= 11 is 1.87. The molecule has 1 aliphatic heterocycles. The molecule has 2 aliphatic rings. The van der Waals surface area contributed by atoms with Crippen molar-refractivity contribution in [1.82, 2.24) is 10.2 Å². The molecule has 1 saturated heterocycles. The van der Waals surface area contributed by atoms with E-state index in [1.807, 2.05) is 16.7 Å². The lowest BCUT2D eigenvalue weighted by atomic mass is 10.2. The van der Waals surface area contributed by atoms with Gasteiger partial charge in [0.15, 0.2) is 0 Å². The molecule has 1 saturated carbocycles. The maximum absolute atomic E-state index is 12.1. The van der Waals surface area contributed by atoms with Gasteiger partial charge < -0.3 is 10.2 Å². The molecule has 0 aromatic rings. The van der Waals surface area contributed by atoms with Crippen molar-refractivity contribution in [3.8, 4) is 0 Å². The summed E-state index contributed by atoms with van der Waals surface area (Å²) < 4.78 is 0. The topological polar surface area (TPSA) is 32.3 Å². The maximum atomic E-state index is 12.1. The minimum atomic E-state index is 0.350. The third-order valence-electron chi connectivity index (χ3n) is 3.64. The minimum Gasteiger partial charge on any atom is -0.342 e. The van der Waals surface area contributed by atoms with E-state index in [-0.39, 0.29) is 0 Å². The Morgan fingerprint density at radius 3 is 2.59 bits per heavy atom. The van der Waals surface area contributed by atoms with Gasteiger partial charge in [-0.3, -0.25) is 4.79 Å². The van der Waals surface area contributed by atoms with Gasteiger partial charge in [-0.15, -0.1) is 11.8 Å². The van der Waals surface area contributed by atoms with Crippen molar-refractivity contribution < 1.29 is 4.79 Å². The number of piperidine rings is 1. The molecule has 0 spiro atoms. The fraction of sp³-hybridized carbons (Fsp3) is 0.923. The van der Waals surface area contributed by atoms with Crippen molar-refractivity contribution in [2.75, 3.05) is 31.9 Å². The summed E-state index contributed by atoms with van der Waals surface area (Å²) in [6.07, 6.45) is 5.08.